The molecule has 0 aromatic carbocycles. The number of carboxylic acids is 2. The summed E-state index contributed by atoms with van der Waals surface area (Å²) in [5, 5.41) is 17.7. The van der Waals surface area contributed by atoms with Crippen LogP contribution in [0.15, 0.2) is 0 Å². The smallest absolute Gasteiger partial charge is 0.314 e. The maximum absolute atomic E-state index is 11.4. The number of carbonyl (C=O) groups is 4. The fourth-order valence-corrected chi connectivity index (χ4v) is 2.87. The first-order valence-corrected chi connectivity index (χ1v) is 4.94. The molecule has 0 amide bonds. The van der Waals surface area contributed by atoms with Crippen LogP contribution >= 0.6 is 0 Å². The highest BCUT2D eigenvalue weighted by Crippen LogP contribution is 2.47. The second kappa shape index (κ2) is 3.40. The molecule has 0 aliphatic heterocycles. The third kappa shape index (κ3) is 1.33. The minimum Gasteiger partial charge on any atom is -0.481 e. The topological polar surface area (TPSA) is 109 Å². The summed E-state index contributed by atoms with van der Waals surface area (Å²) in [5.41, 5.74) is 0. The van der Waals surface area contributed by atoms with E-state index in [0.717, 1.165) is 0 Å². The van der Waals surface area contributed by atoms with Crippen molar-refractivity contribution in [3.05, 3.63) is 0 Å². The van der Waals surface area contributed by atoms with Gasteiger partial charge in [0.25, 0.3) is 0 Å². The zero-order valence-corrected chi connectivity index (χ0v) is 8.25. The Labute approximate surface area is 90.2 Å². The number of hydrogen-bond donors (Lipinski definition) is 2. The molecule has 0 aromatic rings. The van der Waals surface area contributed by atoms with Crippen LogP contribution in [-0.2, 0) is 19.2 Å². The van der Waals surface area contributed by atoms with Gasteiger partial charge in [-0.15, -0.1) is 0 Å². The number of aliphatic carboxylic acids is 2. The summed E-state index contributed by atoms with van der Waals surface area (Å²) in [4.78, 5) is 44.6. The fraction of sp³-hybridized carbons (Fsp3) is 0.600. The van der Waals surface area contributed by atoms with Crippen LogP contribution < -0.4 is 0 Å². The van der Waals surface area contributed by atoms with Crippen LogP contribution in [0.25, 0.3) is 0 Å². The fourth-order valence-electron chi connectivity index (χ4n) is 2.87. The number of rotatable bonds is 2. The molecule has 16 heavy (non-hydrogen) atoms. The predicted octanol–water partition coefficient (Wildman–Crippen LogP) is -0.434. The number of fused-ring (bicyclic) bond motifs is 1. The molecule has 4 atom stereocenters. The van der Waals surface area contributed by atoms with Crippen LogP contribution in [0, 0.1) is 23.7 Å². The van der Waals surface area contributed by atoms with E-state index in [1.165, 1.54) is 0 Å². The first kappa shape index (κ1) is 10.8. The van der Waals surface area contributed by atoms with Gasteiger partial charge in [-0.2, -0.15) is 0 Å². The summed E-state index contributed by atoms with van der Waals surface area (Å²) in [7, 11) is 0. The van der Waals surface area contributed by atoms with Crippen LogP contribution in [0.4, 0.5) is 0 Å². The van der Waals surface area contributed by atoms with Gasteiger partial charge < -0.3 is 10.2 Å². The minimum atomic E-state index is -1.25. The quantitative estimate of drug-likeness (QED) is 0.618. The summed E-state index contributed by atoms with van der Waals surface area (Å²) in [6.07, 6.45) is -0.214. The SMILES string of the molecule is O=C(O)C1C(=O)CC2C(C(=O)O)C(=O)CC12. The lowest BCUT2D eigenvalue weighted by molar-refractivity contribution is -0.148. The molecule has 86 valence electrons. The Balaban J connectivity index is 2.32. The molecule has 0 saturated heterocycles. The van der Waals surface area contributed by atoms with E-state index in [1.54, 1.807) is 0 Å². The Morgan fingerprint density at radius 1 is 0.875 bits per heavy atom. The predicted molar refractivity (Wildman–Crippen MR) is 48.5 cm³/mol. The van der Waals surface area contributed by atoms with Gasteiger partial charge in [-0.05, 0) is 11.8 Å². The molecule has 0 spiro atoms. The molecule has 2 N–H and O–H groups in total. The van der Waals surface area contributed by atoms with E-state index in [-0.39, 0.29) is 12.8 Å². The number of carbonyl (C=O) groups excluding carboxylic acids is 2. The molecule has 2 saturated carbocycles. The van der Waals surface area contributed by atoms with Gasteiger partial charge >= 0.3 is 11.9 Å². The van der Waals surface area contributed by atoms with Crippen molar-refractivity contribution in [2.75, 3.05) is 0 Å². The van der Waals surface area contributed by atoms with Crippen molar-refractivity contribution in [1.82, 2.24) is 0 Å². The van der Waals surface area contributed by atoms with Gasteiger partial charge in [0.05, 0.1) is 0 Å². The number of carboxylic acid groups (broad SMARTS) is 2. The number of Topliss-reactive ketones (excluding diaryl/α,β-unsaturated/α-hetero) is 2. The molecule has 0 radical (unpaired) electrons. The van der Waals surface area contributed by atoms with Gasteiger partial charge in [0, 0.05) is 12.8 Å². The normalized spacial score (nSPS) is 37.5. The molecule has 2 rings (SSSR count). The second-order valence-electron chi connectivity index (χ2n) is 4.30. The lowest BCUT2D eigenvalue weighted by Gasteiger charge is -2.13. The van der Waals surface area contributed by atoms with Crippen LogP contribution in [0.3, 0.4) is 0 Å². The van der Waals surface area contributed by atoms with Crippen LogP contribution in [0.1, 0.15) is 12.8 Å². The van der Waals surface area contributed by atoms with E-state index < -0.39 is 47.2 Å². The number of hydrogen-bond acceptors (Lipinski definition) is 4. The molecule has 0 heterocycles. The van der Waals surface area contributed by atoms with E-state index in [4.69, 9.17) is 10.2 Å². The summed E-state index contributed by atoms with van der Waals surface area (Å²) in [6, 6.07) is 0. The molecule has 0 bridgehead atoms. The molecular formula is C10H10O6. The van der Waals surface area contributed by atoms with E-state index >= 15 is 0 Å². The van der Waals surface area contributed by atoms with E-state index in [9.17, 15) is 19.2 Å². The number of ketones is 2. The van der Waals surface area contributed by atoms with Gasteiger partial charge in [0.15, 0.2) is 0 Å². The summed E-state index contributed by atoms with van der Waals surface area (Å²) >= 11 is 0. The van der Waals surface area contributed by atoms with E-state index in [2.05, 4.69) is 0 Å². The molecule has 6 nitrogen and oxygen atoms in total. The second-order valence-corrected chi connectivity index (χ2v) is 4.30. The summed E-state index contributed by atoms with van der Waals surface area (Å²) in [5.74, 6) is -7.07. The van der Waals surface area contributed by atoms with Gasteiger partial charge in [-0.3, -0.25) is 19.2 Å². The van der Waals surface area contributed by atoms with Crippen molar-refractivity contribution >= 4 is 23.5 Å². The van der Waals surface area contributed by atoms with Crippen molar-refractivity contribution < 1.29 is 29.4 Å². The highest BCUT2D eigenvalue weighted by molar-refractivity contribution is 6.07. The Morgan fingerprint density at radius 2 is 1.19 bits per heavy atom. The average molecular weight is 226 g/mol. The van der Waals surface area contributed by atoms with Crippen LogP contribution in [0.5, 0.6) is 0 Å². The first-order chi connectivity index (χ1) is 7.43. The van der Waals surface area contributed by atoms with E-state index in [0.29, 0.717) is 0 Å². The Bertz CT molecular complexity index is 360. The highest BCUT2D eigenvalue weighted by atomic mass is 16.4. The Morgan fingerprint density at radius 3 is 1.44 bits per heavy atom. The Kier molecular flexibility index (Phi) is 2.29. The van der Waals surface area contributed by atoms with Crippen LogP contribution in [0.2, 0.25) is 0 Å². The maximum Gasteiger partial charge on any atom is 0.314 e. The molecule has 4 unspecified atom stereocenters. The van der Waals surface area contributed by atoms with Crippen molar-refractivity contribution in [2.24, 2.45) is 23.7 Å². The molecule has 2 aliphatic rings. The molecule has 2 fully saturated rings. The summed E-state index contributed by atoms with van der Waals surface area (Å²) < 4.78 is 0. The highest BCUT2D eigenvalue weighted by Gasteiger charge is 2.57. The standard InChI is InChI=1S/C10H10O6/c11-5-1-3-4(8(5)10(15)16)2-6(12)7(3)9(13)14/h3-4,7-8H,1-2H2,(H,13,14)(H,15,16). The van der Waals surface area contributed by atoms with Crippen molar-refractivity contribution in [3.63, 3.8) is 0 Å². The lowest BCUT2D eigenvalue weighted by Crippen LogP contribution is -2.25. The zero-order chi connectivity index (χ0) is 12.0. The third-order valence-electron chi connectivity index (χ3n) is 3.51. The minimum absolute atomic E-state index is 0.107. The zero-order valence-electron chi connectivity index (χ0n) is 8.25. The molecule has 6 heteroatoms. The lowest BCUT2D eigenvalue weighted by atomic mass is 9.89. The maximum atomic E-state index is 11.4. The van der Waals surface area contributed by atoms with Gasteiger partial charge in [-0.25, -0.2) is 0 Å². The molecule has 0 aromatic heterocycles. The van der Waals surface area contributed by atoms with E-state index in [1.807, 2.05) is 0 Å². The summed E-state index contributed by atoms with van der Waals surface area (Å²) in [6.45, 7) is 0. The molecule has 2 aliphatic carbocycles. The van der Waals surface area contributed by atoms with Crippen molar-refractivity contribution in [2.45, 2.75) is 12.8 Å². The largest absolute Gasteiger partial charge is 0.481 e. The van der Waals surface area contributed by atoms with Gasteiger partial charge in [0.1, 0.15) is 23.4 Å². The average Bonchev–Trinajstić information content (AvgIpc) is 2.55. The molecular weight excluding hydrogens is 216 g/mol. The van der Waals surface area contributed by atoms with Crippen molar-refractivity contribution in [3.8, 4) is 0 Å². The van der Waals surface area contributed by atoms with Crippen LogP contribution in [-0.4, -0.2) is 33.7 Å². The monoisotopic (exact) mass is 226 g/mol. The first-order valence-electron chi connectivity index (χ1n) is 4.94. The van der Waals surface area contributed by atoms with Crippen molar-refractivity contribution in [1.29, 1.82) is 0 Å². The van der Waals surface area contributed by atoms with Gasteiger partial charge in [-0.1, -0.05) is 0 Å². The third-order valence-corrected chi connectivity index (χ3v) is 3.51. The Hall–Kier alpha value is -1.72. The van der Waals surface area contributed by atoms with Gasteiger partial charge in [0.2, 0.25) is 0 Å².